The van der Waals surface area contributed by atoms with E-state index in [1.54, 1.807) is 24.1 Å². The Morgan fingerprint density at radius 1 is 1.13 bits per heavy atom. The van der Waals surface area contributed by atoms with Gasteiger partial charge in [0.1, 0.15) is 21.5 Å². The monoisotopic (exact) mass is 438 g/mol. The van der Waals surface area contributed by atoms with Crippen LogP contribution < -0.4 is 10.1 Å². The van der Waals surface area contributed by atoms with E-state index in [2.05, 4.69) is 15.4 Å². The van der Waals surface area contributed by atoms with Crippen molar-refractivity contribution in [3.05, 3.63) is 82.0 Å². The van der Waals surface area contributed by atoms with Crippen LogP contribution in [0.5, 0.6) is 5.75 Å². The third kappa shape index (κ3) is 4.37. The molecule has 4 rings (SSSR count). The maximum Gasteiger partial charge on any atom is 0.268 e. The van der Waals surface area contributed by atoms with Crippen molar-refractivity contribution in [1.29, 1.82) is 0 Å². The van der Waals surface area contributed by atoms with E-state index in [1.807, 2.05) is 55.5 Å². The minimum Gasteiger partial charge on any atom is -0.497 e. The van der Waals surface area contributed by atoms with Crippen LogP contribution in [0.2, 0.25) is 5.02 Å². The number of anilines is 1. The maximum absolute atomic E-state index is 12.9. The Hall–Kier alpha value is -3.16. The quantitative estimate of drug-likeness (QED) is 0.444. The Labute approximate surface area is 183 Å². The van der Waals surface area contributed by atoms with Gasteiger partial charge >= 0.3 is 0 Å². The molecule has 4 aromatic rings. The molecule has 30 heavy (non-hydrogen) atoms. The summed E-state index contributed by atoms with van der Waals surface area (Å²) in [7, 11) is 1.63. The number of methoxy groups -OCH3 is 1. The molecular weight excluding hydrogens is 420 g/mol. The molecule has 1 N–H and O–H groups in total. The molecule has 0 radical (unpaired) electrons. The van der Waals surface area contributed by atoms with Gasteiger partial charge in [0.05, 0.1) is 25.5 Å². The molecule has 0 fully saturated rings. The fourth-order valence-corrected chi connectivity index (χ4v) is 4.06. The molecule has 0 aliphatic heterocycles. The summed E-state index contributed by atoms with van der Waals surface area (Å²) in [5.74, 6) is 1.19. The fourth-order valence-electron chi connectivity index (χ4n) is 2.96. The van der Waals surface area contributed by atoms with Crippen LogP contribution in [0.1, 0.15) is 20.9 Å². The number of nitrogens with zero attached hydrogens (tertiary/aromatic N) is 3. The summed E-state index contributed by atoms with van der Waals surface area (Å²) < 4.78 is 6.93. The SMILES string of the molecule is COc1ccc(-c2nc(C)c(C(=O)Nc3ccnn3Cc3ccc(Cl)cc3)s2)cc1. The summed E-state index contributed by atoms with van der Waals surface area (Å²) in [6, 6.07) is 16.9. The molecule has 2 aromatic heterocycles. The van der Waals surface area contributed by atoms with Gasteiger partial charge in [-0.1, -0.05) is 23.7 Å². The zero-order chi connectivity index (χ0) is 21.1. The van der Waals surface area contributed by atoms with E-state index in [1.165, 1.54) is 11.3 Å². The molecule has 2 heterocycles. The van der Waals surface area contributed by atoms with Gasteiger partial charge in [0.2, 0.25) is 0 Å². The molecule has 2 aromatic carbocycles. The highest BCUT2D eigenvalue weighted by molar-refractivity contribution is 7.17. The van der Waals surface area contributed by atoms with E-state index >= 15 is 0 Å². The Morgan fingerprint density at radius 2 is 1.87 bits per heavy atom. The van der Waals surface area contributed by atoms with Crippen molar-refractivity contribution in [3.8, 4) is 16.3 Å². The van der Waals surface area contributed by atoms with Gasteiger partial charge in [-0.25, -0.2) is 9.67 Å². The molecule has 0 aliphatic carbocycles. The third-order valence-electron chi connectivity index (χ3n) is 4.54. The molecule has 0 spiro atoms. The van der Waals surface area contributed by atoms with Crippen molar-refractivity contribution in [1.82, 2.24) is 14.8 Å². The van der Waals surface area contributed by atoms with E-state index in [4.69, 9.17) is 16.3 Å². The lowest BCUT2D eigenvalue weighted by molar-refractivity contribution is 0.102. The summed E-state index contributed by atoms with van der Waals surface area (Å²) in [6.45, 7) is 2.36. The number of amides is 1. The highest BCUT2D eigenvalue weighted by Gasteiger charge is 2.18. The summed E-state index contributed by atoms with van der Waals surface area (Å²) in [5, 5.41) is 8.73. The zero-order valence-corrected chi connectivity index (χ0v) is 18.0. The second-order valence-electron chi connectivity index (χ2n) is 6.62. The smallest absolute Gasteiger partial charge is 0.268 e. The number of carbonyl (C=O) groups excluding carboxylic acids is 1. The maximum atomic E-state index is 12.9. The van der Waals surface area contributed by atoms with Crippen LogP contribution in [-0.2, 0) is 6.54 Å². The number of rotatable bonds is 6. The number of hydrogen-bond acceptors (Lipinski definition) is 5. The topological polar surface area (TPSA) is 69.0 Å². The van der Waals surface area contributed by atoms with Crippen molar-refractivity contribution in [3.63, 3.8) is 0 Å². The molecule has 0 unspecified atom stereocenters. The number of thiazole rings is 1. The van der Waals surface area contributed by atoms with Crippen LogP contribution >= 0.6 is 22.9 Å². The predicted octanol–water partition coefficient (Wildman–Crippen LogP) is 5.28. The van der Waals surface area contributed by atoms with Crippen molar-refractivity contribution in [2.24, 2.45) is 0 Å². The predicted molar refractivity (Wildman–Crippen MR) is 120 cm³/mol. The highest BCUT2D eigenvalue weighted by atomic mass is 35.5. The van der Waals surface area contributed by atoms with Crippen LogP contribution in [0.4, 0.5) is 5.82 Å². The van der Waals surface area contributed by atoms with Crippen LogP contribution in [0, 0.1) is 6.92 Å². The number of halogens is 1. The number of aromatic nitrogens is 3. The standard InChI is InChI=1S/C22H19ClN4O2S/c1-14-20(30-22(25-14)16-5-9-18(29-2)10-6-16)21(28)26-19-11-12-24-27(19)13-15-3-7-17(23)8-4-15/h3-12H,13H2,1-2H3,(H,26,28). The van der Waals surface area contributed by atoms with Gasteiger partial charge in [0.15, 0.2) is 0 Å². The first-order valence-corrected chi connectivity index (χ1v) is 10.4. The van der Waals surface area contributed by atoms with Crippen LogP contribution in [-0.4, -0.2) is 27.8 Å². The largest absolute Gasteiger partial charge is 0.497 e. The summed E-state index contributed by atoms with van der Waals surface area (Å²) in [4.78, 5) is 18.0. The molecule has 0 bridgehead atoms. The molecule has 1 amide bonds. The number of aryl methyl sites for hydroxylation is 1. The molecule has 152 valence electrons. The summed E-state index contributed by atoms with van der Waals surface area (Å²) in [5.41, 5.74) is 2.66. The Kier molecular flexibility index (Phi) is 5.83. The number of carbonyl (C=O) groups is 1. The lowest BCUT2D eigenvalue weighted by atomic mass is 10.2. The van der Waals surface area contributed by atoms with Gasteiger partial charge in [-0.2, -0.15) is 5.10 Å². The van der Waals surface area contributed by atoms with Crippen molar-refractivity contribution < 1.29 is 9.53 Å². The summed E-state index contributed by atoms with van der Waals surface area (Å²) in [6.07, 6.45) is 1.66. The van der Waals surface area contributed by atoms with Gasteiger partial charge in [-0.3, -0.25) is 4.79 Å². The van der Waals surface area contributed by atoms with Crippen LogP contribution in [0.15, 0.2) is 60.8 Å². The lowest BCUT2D eigenvalue weighted by Crippen LogP contribution is -2.16. The van der Waals surface area contributed by atoms with Crippen molar-refractivity contribution >= 4 is 34.7 Å². The first kappa shape index (κ1) is 20.1. The molecule has 8 heteroatoms. The van der Waals surface area contributed by atoms with Crippen molar-refractivity contribution in [2.45, 2.75) is 13.5 Å². The van der Waals surface area contributed by atoms with Gasteiger partial charge in [-0.15, -0.1) is 11.3 Å². The average Bonchev–Trinajstić information content (AvgIpc) is 3.36. The molecular formula is C22H19ClN4O2S. The molecule has 0 atom stereocenters. The fraction of sp³-hybridized carbons (Fsp3) is 0.136. The Bertz CT molecular complexity index is 1170. The minimum absolute atomic E-state index is 0.206. The lowest BCUT2D eigenvalue weighted by Gasteiger charge is -2.09. The zero-order valence-electron chi connectivity index (χ0n) is 16.4. The second-order valence-corrected chi connectivity index (χ2v) is 8.05. The van der Waals surface area contributed by atoms with E-state index < -0.39 is 0 Å². The van der Waals surface area contributed by atoms with E-state index in [0.717, 1.165) is 21.9 Å². The number of benzene rings is 2. The highest BCUT2D eigenvalue weighted by Crippen LogP contribution is 2.29. The van der Waals surface area contributed by atoms with Gasteiger partial charge in [0, 0.05) is 16.7 Å². The van der Waals surface area contributed by atoms with Crippen LogP contribution in [0.25, 0.3) is 10.6 Å². The normalized spacial score (nSPS) is 10.8. The van der Waals surface area contributed by atoms with Gasteiger partial charge in [0.25, 0.3) is 5.91 Å². The minimum atomic E-state index is -0.206. The number of ether oxygens (including phenoxy) is 1. The van der Waals surface area contributed by atoms with E-state index in [9.17, 15) is 4.79 Å². The van der Waals surface area contributed by atoms with E-state index in [-0.39, 0.29) is 5.91 Å². The molecule has 0 saturated carbocycles. The second kappa shape index (κ2) is 8.69. The van der Waals surface area contributed by atoms with Crippen molar-refractivity contribution in [2.75, 3.05) is 12.4 Å². The van der Waals surface area contributed by atoms with Crippen LogP contribution in [0.3, 0.4) is 0 Å². The molecule has 6 nitrogen and oxygen atoms in total. The number of nitrogens with one attached hydrogen (secondary N) is 1. The first-order valence-electron chi connectivity index (χ1n) is 9.23. The van der Waals surface area contributed by atoms with E-state index in [0.29, 0.717) is 28.0 Å². The van der Waals surface area contributed by atoms with Gasteiger partial charge in [-0.05, 0) is 48.9 Å². The number of hydrogen-bond donors (Lipinski definition) is 1. The molecule has 0 aliphatic rings. The third-order valence-corrected chi connectivity index (χ3v) is 6.00. The Balaban J connectivity index is 1.51. The average molecular weight is 439 g/mol. The summed E-state index contributed by atoms with van der Waals surface area (Å²) >= 11 is 7.31. The Morgan fingerprint density at radius 3 is 2.57 bits per heavy atom. The molecule has 0 saturated heterocycles. The first-order chi connectivity index (χ1) is 14.5. The van der Waals surface area contributed by atoms with Gasteiger partial charge < -0.3 is 10.1 Å².